The topological polar surface area (TPSA) is 76.7 Å². The van der Waals surface area contributed by atoms with E-state index >= 15 is 0 Å². The summed E-state index contributed by atoms with van der Waals surface area (Å²) in [5.41, 5.74) is 6.45. The third-order valence-corrected chi connectivity index (χ3v) is 5.46. The number of ether oxygens (including phenoxy) is 2. The molecule has 0 spiro atoms. The summed E-state index contributed by atoms with van der Waals surface area (Å²) in [4.78, 5) is 24.0. The zero-order valence-electron chi connectivity index (χ0n) is 16.5. The molecular formula is C21H25IN2O4. The zero-order valence-corrected chi connectivity index (χ0v) is 18.6. The molecule has 0 aliphatic heterocycles. The number of rotatable bonds is 7. The molecule has 2 rings (SSSR count). The molecule has 6 nitrogen and oxygen atoms in total. The van der Waals surface area contributed by atoms with E-state index in [1.165, 1.54) is 5.56 Å². The Labute approximate surface area is 179 Å². The molecule has 28 heavy (non-hydrogen) atoms. The van der Waals surface area contributed by atoms with Crippen LogP contribution >= 0.6 is 22.6 Å². The Hall–Kier alpha value is -2.29. The van der Waals surface area contributed by atoms with Crippen molar-refractivity contribution in [2.75, 3.05) is 13.7 Å². The predicted octanol–water partition coefficient (Wildman–Crippen LogP) is 3.83. The van der Waals surface area contributed by atoms with Gasteiger partial charge in [-0.2, -0.15) is 0 Å². The lowest BCUT2D eigenvalue weighted by Crippen LogP contribution is -2.43. The number of nitrogens with one attached hydrogen (secondary N) is 2. The largest absolute Gasteiger partial charge is 0.496 e. The van der Waals surface area contributed by atoms with Crippen LogP contribution in [0.1, 0.15) is 43.1 Å². The molecule has 0 heterocycles. The molecule has 150 valence electrons. The first-order valence-corrected chi connectivity index (χ1v) is 10.0. The van der Waals surface area contributed by atoms with Crippen LogP contribution in [0.5, 0.6) is 11.5 Å². The van der Waals surface area contributed by atoms with Gasteiger partial charge >= 0.3 is 0 Å². The molecule has 0 fully saturated rings. The van der Waals surface area contributed by atoms with Gasteiger partial charge in [0.05, 0.1) is 10.7 Å². The van der Waals surface area contributed by atoms with Gasteiger partial charge < -0.3 is 9.47 Å². The van der Waals surface area contributed by atoms with Crippen molar-refractivity contribution < 1.29 is 19.1 Å². The second-order valence-electron chi connectivity index (χ2n) is 6.90. The molecular weight excluding hydrogens is 471 g/mol. The molecule has 0 radical (unpaired) electrons. The van der Waals surface area contributed by atoms with Gasteiger partial charge in [0.2, 0.25) is 0 Å². The zero-order chi connectivity index (χ0) is 20.7. The Morgan fingerprint density at radius 2 is 1.75 bits per heavy atom. The van der Waals surface area contributed by atoms with E-state index in [-0.39, 0.29) is 12.0 Å². The summed E-state index contributed by atoms with van der Waals surface area (Å²) in [6, 6.07) is 12.7. The van der Waals surface area contributed by atoms with Crippen molar-refractivity contribution in [1.29, 1.82) is 0 Å². The standard InChI is InChI=1S/C21H25IN2O4/c1-5-21(2,3)15-7-9-16(10-8-15)28-13-19(25)23-24-20(26)14-6-11-18(27-4)17(22)12-14/h6-12H,5,13H2,1-4H3,(H,23,25)(H,24,26). The molecule has 2 aromatic rings. The van der Waals surface area contributed by atoms with E-state index in [0.29, 0.717) is 17.1 Å². The van der Waals surface area contributed by atoms with Crippen LogP contribution in [0, 0.1) is 3.57 Å². The maximum Gasteiger partial charge on any atom is 0.276 e. The average Bonchev–Trinajstić information content (AvgIpc) is 2.70. The van der Waals surface area contributed by atoms with E-state index in [1.807, 2.05) is 24.3 Å². The Morgan fingerprint density at radius 3 is 2.32 bits per heavy atom. The lowest BCUT2D eigenvalue weighted by molar-refractivity contribution is -0.123. The van der Waals surface area contributed by atoms with Gasteiger partial charge in [0.15, 0.2) is 6.61 Å². The Morgan fingerprint density at radius 1 is 1.07 bits per heavy atom. The van der Waals surface area contributed by atoms with Crippen LogP contribution in [0.25, 0.3) is 0 Å². The number of benzene rings is 2. The molecule has 0 aliphatic rings. The van der Waals surface area contributed by atoms with Crippen molar-refractivity contribution in [1.82, 2.24) is 10.9 Å². The Bertz CT molecular complexity index is 835. The summed E-state index contributed by atoms with van der Waals surface area (Å²) in [5, 5.41) is 0. The number of carbonyl (C=O) groups is 2. The van der Waals surface area contributed by atoms with E-state index in [4.69, 9.17) is 9.47 Å². The second-order valence-corrected chi connectivity index (χ2v) is 8.06. The smallest absolute Gasteiger partial charge is 0.276 e. The molecule has 0 saturated carbocycles. The Balaban J connectivity index is 1.82. The fourth-order valence-corrected chi connectivity index (χ4v) is 3.13. The predicted molar refractivity (Wildman–Crippen MR) is 117 cm³/mol. The molecule has 2 aromatic carbocycles. The summed E-state index contributed by atoms with van der Waals surface area (Å²) in [7, 11) is 1.57. The van der Waals surface area contributed by atoms with E-state index in [9.17, 15) is 9.59 Å². The molecule has 0 atom stereocenters. The van der Waals surface area contributed by atoms with Crippen LogP contribution in [-0.2, 0) is 10.2 Å². The number of carbonyl (C=O) groups excluding carboxylic acids is 2. The van der Waals surface area contributed by atoms with Crippen LogP contribution in [0.3, 0.4) is 0 Å². The molecule has 2 N–H and O–H groups in total. The maximum atomic E-state index is 12.1. The lowest BCUT2D eigenvalue weighted by atomic mass is 9.82. The molecule has 0 aromatic heterocycles. The quantitative estimate of drug-likeness (QED) is 0.452. The molecule has 2 amide bonds. The maximum absolute atomic E-state index is 12.1. The van der Waals surface area contributed by atoms with E-state index < -0.39 is 11.8 Å². The normalized spacial score (nSPS) is 10.9. The fraction of sp³-hybridized carbons (Fsp3) is 0.333. The third-order valence-electron chi connectivity index (χ3n) is 4.62. The van der Waals surface area contributed by atoms with Crippen molar-refractivity contribution in [2.24, 2.45) is 0 Å². The molecule has 0 aliphatic carbocycles. The van der Waals surface area contributed by atoms with Crippen LogP contribution in [0.4, 0.5) is 0 Å². The summed E-state index contributed by atoms with van der Waals surface area (Å²) in [6.07, 6.45) is 1.03. The number of amides is 2. The van der Waals surface area contributed by atoms with Crippen LogP contribution < -0.4 is 20.3 Å². The van der Waals surface area contributed by atoms with Crippen molar-refractivity contribution in [3.63, 3.8) is 0 Å². The van der Waals surface area contributed by atoms with Gasteiger partial charge in [-0.1, -0.05) is 32.9 Å². The average molecular weight is 496 g/mol. The van der Waals surface area contributed by atoms with E-state index in [2.05, 4.69) is 54.2 Å². The first kappa shape index (κ1) is 22.0. The first-order valence-electron chi connectivity index (χ1n) is 8.93. The Kier molecular flexibility index (Phi) is 7.68. The number of halogens is 1. The van der Waals surface area contributed by atoms with Crippen LogP contribution in [-0.4, -0.2) is 25.5 Å². The lowest BCUT2D eigenvalue weighted by Gasteiger charge is -2.23. The van der Waals surface area contributed by atoms with E-state index in [0.717, 1.165) is 9.99 Å². The second kappa shape index (κ2) is 9.77. The van der Waals surface area contributed by atoms with Crippen LogP contribution in [0.15, 0.2) is 42.5 Å². The minimum Gasteiger partial charge on any atom is -0.496 e. The fourth-order valence-electron chi connectivity index (χ4n) is 2.40. The first-order chi connectivity index (χ1) is 13.3. The van der Waals surface area contributed by atoms with Crippen molar-refractivity contribution in [3.8, 4) is 11.5 Å². The summed E-state index contributed by atoms with van der Waals surface area (Å²) >= 11 is 2.08. The van der Waals surface area contributed by atoms with Gasteiger partial charge in [-0.25, -0.2) is 0 Å². The van der Waals surface area contributed by atoms with Gasteiger partial charge in [0.1, 0.15) is 11.5 Å². The molecule has 0 saturated heterocycles. The minimum atomic E-state index is -0.450. The number of hydrazine groups is 1. The highest BCUT2D eigenvalue weighted by atomic mass is 127. The number of hydrogen-bond acceptors (Lipinski definition) is 4. The third kappa shape index (κ3) is 5.85. The monoisotopic (exact) mass is 496 g/mol. The van der Waals surface area contributed by atoms with Crippen molar-refractivity contribution in [3.05, 3.63) is 57.2 Å². The van der Waals surface area contributed by atoms with Crippen molar-refractivity contribution >= 4 is 34.4 Å². The summed E-state index contributed by atoms with van der Waals surface area (Å²) in [5.74, 6) is 0.416. The summed E-state index contributed by atoms with van der Waals surface area (Å²) < 4.78 is 11.4. The molecule has 7 heteroatoms. The highest BCUT2D eigenvalue weighted by molar-refractivity contribution is 14.1. The van der Waals surface area contributed by atoms with Crippen LogP contribution in [0.2, 0.25) is 0 Å². The van der Waals surface area contributed by atoms with Gasteiger partial charge in [0, 0.05) is 5.56 Å². The minimum absolute atomic E-state index is 0.0967. The molecule has 0 unspecified atom stereocenters. The molecule has 0 bridgehead atoms. The number of methoxy groups -OCH3 is 1. The van der Waals surface area contributed by atoms with Gasteiger partial charge in [0.25, 0.3) is 11.8 Å². The highest BCUT2D eigenvalue weighted by Gasteiger charge is 2.17. The van der Waals surface area contributed by atoms with Gasteiger partial charge in [-0.05, 0) is 70.3 Å². The SMILES string of the molecule is CCC(C)(C)c1ccc(OCC(=O)NNC(=O)c2ccc(OC)c(I)c2)cc1. The van der Waals surface area contributed by atoms with Crippen molar-refractivity contribution in [2.45, 2.75) is 32.6 Å². The summed E-state index contributed by atoms with van der Waals surface area (Å²) in [6.45, 7) is 6.32. The highest BCUT2D eigenvalue weighted by Crippen LogP contribution is 2.28. The van der Waals surface area contributed by atoms with Gasteiger partial charge in [-0.3, -0.25) is 20.4 Å². The number of hydrogen-bond donors (Lipinski definition) is 2. The van der Waals surface area contributed by atoms with E-state index in [1.54, 1.807) is 25.3 Å². The van der Waals surface area contributed by atoms with Gasteiger partial charge in [-0.15, -0.1) is 0 Å².